The van der Waals surface area contributed by atoms with Gasteiger partial charge in [-0.1, -0.05) is 6.07 Å². The van der Waals surface area contributed by atoms with E-state index >= 15 is 4.39 Å². The van der Waals surface area contributed by atoms with Crippen molar-refractivity contribution in [2.75, 3.05) is 30.4 Å². The average Bonchev–Trinajstić information content (AvgIpc) is 3.76. The monoisotopic (exact) mass is 643 g/mol. The Labute approximate surface area is 268 Å². The van der Waals surface area contributed by atoms with Crippen LogP contribution in [0.1, 0.15) is 25.3 Å². The van der Waals surface area contributed by atoms with Gasteiger partial charge < -0.3 is 25.4 Å². The van der Waals surface area contributed by atoms with Crippen LogP contribution in [0, 0.1) is 17.0 Å². The molecule has 236 valence electrons. The van der Waals surface area contributed by atoms with Crippen molar-refractivity contribution in [3.8, 4) is 22.1 Å². The van der Waals surface area contributed by atoms with E-state index in [4.69, 9.17) is 9.47 Å². The average molecular weight is 644 g/mol. The number of pyridine rings is 2. The summed E-state index contributed by atoms with van der Waals surface area (Å²) in [5.41, 5.74) is 1.84. The van der Waals surface area contributed by atoms with E-state index in [1.807, 2.05) is 31.3 Å². The number of nitrogens with one attached hydrogen (secondary N) is 3. The van der Waals surface area contributed by atoms with E-state index in [0.29, 0.717) is 49.6 Å². The minimum Gasteiger partial charge on any atom is -0.453 e. The first-order chi connectivity index (χ1) is 22.3. The smallest absolute Gasteiger partial charge is 0.240 e. The Morgan fingerprint density at radius 3 is 2.37 bits per heavy atom. The van der Waals surface area contributed by atoms with Crippen molar-refractivity contribution in [3.05, 3.63) is 96.3 Å². The molecule has 1 fully saturated rings. The summed E-state index contributed by atoms with van der Waals surface area (Å²) in [4.78, 5) is 35.8. The molecule has 1 aliphatic rings. The quantitative estimate of drug-likeness (QED) is 0.0944. The minimum absolute atomic E-state index is 0.0325. The van der Waals surface area contributed by atoms with Crippen LogP contribution in [0.4, 0.5) is 20.2 Å². The molecule has 3 N–H and O–H groups in total. The summed E-state index contributed by atoms with van der Waals surface area (Å²) < 4.78 is 40.5. The van der Waals surface area contributed by atoms with E-state index < -0.39 is 28.9 Å². The van der Waals surface area contributed by atoms with E-state index in [1.54, 1.807) is 12.3 Å². The van der Waals surface area contributed by atoms with E-state index in [2.05, 4.69) is 25.9 Å². The number of ether oxygens (including phenoxy) is 2. The van der Waals surface area contributed by atoms with Crippen molar-refractivity contribution < 1.29 is 27.8 Å². The standard InChI is InChI=1S/C34H31F2N5O4S/c1-2-44-16-15-37-19-21-3-9-26(39-20-21)30-18-27-31(46-30)29(11-14-38-27)45-28-10-8-24(17-25(28)36)41-33(43)34(12-13-34)32(42)40-23-6-4-22(35)5-7-23/h3-11,14,17-18,20,37H,2,12-13,15-16,19H2,1H3,(H,40,42)(H,41,43). The molecule has 0 aliphatic heterocycles. The fourth-order valence-corrected chi connectivity index (χ4v) is 5.86. The van der Waals surface area contributed by atoms with Crippen LogP contribution in [0.15, 0.2) is 79.1 Å². The zero-order valence-corrected chi connectivity index (χ0v) is 25.8. The summed E-state index contributed by atoms with van der Waals surface area (Å²) in [6.45, 7) is 4.77. The molecule has 9 nitrogen and oxygen atoms in total. The van der Waals surface area contributed by atoms with Gasteiger partial charge in [0, 0.05) is 55.6 Å². The Bertz CT molecular complexity index is 1860. The second kappa shape index (κ2) is 13.7. The number of hydrogen-bond acceptors (Lipinski definition) is 8. The maximum absolute atomic E-state index is 15.2. The highest BCUT2D eigenvalue weighted by Gasteiger charge is 2.56. The number of fused-ring (bicyclic) bond motifs is 1. The molecule has 6 rings (SSSR count). The minimum atomic E-state index is -1.27. The Balaban J connectivity index is 1.10. The molecule has 3 aromatic heterocycles. The lowest BCUT2D eigenvalue weighted by molar-refractivity contribution is -0.131. The van der Waals surface area contributed by atoms with Gasteiger partial charge in [0.25, 0.3) is 0 Å². The van der Waals surface area contributed by atoms with Crippen LogP contribution < -0.4 is 20.7 Å². The molecule has 2 aromatic carbocycles. The van der Waals surface area contributed by atoms with E-state index in [-0.39, 0.29) is 11.4 Å². The number of benzene rings is 2. The fraction of sp³-hybridized carbons (Fsp3) is 0.235. The number of halogens is 2. The summed E-state index contributed by atoms with van der Waals surface area (Å²) in [6, 6.07) is 16.9. The normalized spacial score (nSPS) is 13.4. The van der Waals surface area contributed by atoms with Gasteiger partial charge in [-0.15, -0.1) is 11.3 Å². The lowest BCUT2D eigenvalue weighted by Crippen LogP contribution is -2.35. The Kier molecular flexibility index (Phi) is 9.29. The fourth-order valence-electron chi connectivity index (χ4n) is 4.81. The lowest BCUT2D eigenvalue weighted by atomic mass is 10.0. The molecule has 0 atom stereocenters. The molecular weight excluding hydrogens is 612 g/mol. The molecule has 1 aliphatic carbocycles. The highest BCUT2D eigenvalue weighted by Crippen LogP contribution is 2.48. The number of anilines is 2. The highest BCUT2D eigenvalue weighted by atomic mass is 32.1. The number of carbonyl (C=O) groups is 2. The molecule has 0 bridgehead atoms. The van der Waals surface area contributed by atoms with E-state index in [0.717, 1.165) is 33.4 Å². The van der Waals surface area contributed by atoms with Gasteiger partial charge in [0.15, 0.2) is 11.6 Å². The van der Waals surface area contributed by atoms with Crippen molar-refractivity contribution >= 4 is 44.7 Å². The third-order valence-electron chi connectivity index (χ3n) is 7.54. The largest absolute Gasteiger partial charge is 0.453 e. The van der Waals surface area contributed by atoms with E-state index in [1.165, 1.54) is 47.7 Å². The number of thiophene rings is 1. The highest BCUT2D eigenvalue weighted by molar-refractivity contribution is 7.22. The number of aromatic nitrogens is 2. The van der Waals surface area contributed by atoms with Gasteiger partial charge in [0.2, 0.25) is 11.8 Å². The summed E-state index contributed by atoms with van der Waals surface area (Å²) >= 11 is 1.44. The molecule has 2 amide bonds. The number of rotatable bonds is 13. The predicted molar refractivity (Wildman–Crippen MR) is 173 cm³/mol. The van der Waals surface area contributed by atoms with Crippen molar-refractivity contribution in [2.24, 2.45) is 5.41 Å². The molecule has 1 saturated carbocycles. The Hall–Kier alpha value is -4.78. The number of amides is 2. The van der Waals surface area contributed by atoms with Crippen LogP contribution in [0.3, 0.4) is 0 Å². The summed E-state index contributed by atoms with van der Waals surface area (Å²) in [6.07, 6.45) is 4.12. The Morgan fingerprint density at radius 2 is 1.67 bits per heavy atom. The third kappa shape index (κ3) is 7.04. The summed E-state index contributed by atoms with van der Waals surface area (Å²) in [5, 5.41) is 8.62. The third-order valence-corrected chi connectivity index (χ3v) is 8.70. The van der Waals surface area contributed by atoms with Crippen molar-refractivity contribution in [1.29, 1.82) is 0 Å². The zero-order valence-electron chi connectivity index (χ0n) is 24.9. The van der Waals surface area contributed by atoms with Crippen LogP contribution in [0.25, 0.3) is 20.8 Å². The molecule has 0 unspecified atom stereocenters. The number of carbonyl (C=O) groups excluding carboxylic acids is 2. The maximum atomic E-state index is 15.2. The second-order valence-corrected chi connectivity index (χ2v) is 11.9. The van der Waals surface area contributed by atoms with Crippen LogP contribution in [-0.2, 0) is 20.9 Å². The van der Waals surface area contributed by atoms with Gasteiger partial charge in [0.1, 0.15) is 17.0 Å². The Morgan fingerprint density at radius 1 is 0.913 bits per heavy atom. The molecule has 3 heterocycles. The molecular formula is C34H31F2N5O4S. The SMILES string of the molecule is CCOCCNCc1ccc(-c2cc3nccc(Oc4ccc(NC(=O)C5(C(=O)Nc6ccc(F)cc6)CC5)cc4F)c3s2)nc1. The molecule has 0 saturated heterocycles. The van der Waals surface area contributed by atoms with Crippen LogP contribution in [-0.4, -0.2) is 41.5 Å². The van der Waals surface area contributed by atoms with Gasteiger partial charge in [-0.25, -0.2) is 8.78 Å². The van der Waals surface area contributed by atoms with Crippen LogP contribution in [0.2, 0.25) is 0 Å². The first-order valence-corrected chi connectivity index (χ1v) is 15.6. The summed E-state index contributed by atoms with van der Waals surface area (Å²) in [7, 11) is 0. The number of nitrogens with zero attached hydrogens (tertiary/aromatic N) is 2. The first-order valence-electron chi connectivity index (χ1n) is 14.8. The van der Waals surface area contributed by atoms with Gasteiger partial charge >= 0.3 is 0 Å². The van der Waals surface area contributed by atoms with Crippen molar-refractivity contribution in [3.63, 3.8) is 0 Å². The molecule has 0 spiro atoms. The van der Waals surface area contributed by atoms with Crippen molar-refractivity contribution in [1.82, 2.24) is 15.3 Å². The van der Waals surface area contributed by atoms with Gasteiger partial charge in [-0.05, 0) is 73.9 Å². The zero-order chi connectivity index (χ0) is 32.1. The second-order valence-electron chi connectivity index (χ2n) is 10.8. The summed E-state index contributed by atoms with van der Waals surface area (Å²) in [5.74, 6) is -1.76. The van der Waals surface area contributed by atoms with Gasteiger partial charge in [0.05, 0.1) is 27.4 Å². The molecule has 0 radical (unpaired) electrons. The maximum Gasteiger partial charge on any atom is 0.240 e. The molecule has 5 aromatic rings. The molecule has 12 heteroatoms. The van der Waals surface area contributed by atoms with Crippen molar-refractivity contribution in [2.45, 2.75) is 26.3 Å². The lowest BCUT2D eigenvalue weighted by Gasteiger charge is -2.16. The van der Waals surface area contributed by atoms with Crippen LogP contribution in [0.5, 0.6) is 11.5 Å². The van der Waals surface area contributed by atoms with E-state index in [9.17, 15) is 14.0 Å². The topological polar surface area (TPSA) is 114 Å². The van der Waals surface area contributed by atoms with Gasteiger partial charge in [-0.2, -0.15) is 0 Å². The van der Waals surface area contributed by atoms with Gasteiger partial charge in [-0.3, -0.25) is 19.6 Å². The molecule has 46 heavy (non-hydrogen) atoms. The predicted octanol–water partition coefficient (Wildman–Crippen LogP) is 6.91. The van der Waals surface area contributed by atoms with Crippen LogP contribution >= 0.6 is 11.3 Å². The first kappa shape index (κ1) is 31.2. The number of hydrogen-bond donors (Lipinski definition) is 3.